The second kappa shape index (κ2) is 6.41. The third kappa shape index (κ3) is 3.61. The van der Waals surface area contributed by atoms with E-state index in [1.165, 1.54) is 12.8 Å². The zero-order chi connectivity index (χ0) is 14.8. The van der Waals surface area contributed by atoms with Gasteiger partial charge in [-0.1, -0.05) is 23.2 Å². The van der Waals surface area contributed by atoms with Crippen LogP contribution in [0.25, 0.3) is 0 Å². The SMILES string of the molecule is NCC(c1cc(Cl)cc(Cl)c1)N(Cc1ccco1)C1CC1. The molecule has 1 unspecified atom stereocenters. The van der Waals surface area contributed by atoms with Crippen molar-refractivity contribution >= 4 is 23.2 Å². The number of benzene rings is 1. The highest BCUT2D eigenvalue weighted by Crippen LogP contribution is 2.36. The van der Waals surface area contributed by atoms with Crippen LogP contribution in [0, 0.1) is 0 Å². The number of hydrogen-bond acceptors (Lipinski definition) is 3. The lowest BCUT2D eigenvalue weighted by Crippen LogP contribution is -2.35. The summed E-state index contributed by atoms with van der Waals surface area (Å²) in [5.41, 5.74) is 7.11. The third-order valence-corrected chi connectivity index (χ3v) is 4.26. The van der Waals surface area contributed by atoms with Gasteiger partial charge in [0.1, 0.15) is 5.76 Å². The van der Waals surface area contributed by atoms with Gasteiger partial charge in [-0.25, -0.2) is 0 Å². The molecule has 112 valence electrons. The van der Waals surface area contributed by atoms with E-state index >= 15 is 0 Å². The zero-order valence-corrected chi connectivity index (χ0v) is 13.1. The molecule has 3 rings (SSSR count). The van der Waals surface area contributed by atoms with E-state index in [4.69, 9.17) is 33.4 Å². The molecule has 1 aromatic heterocycles. The van der Waals surface area contributed by atoms with Crippen molar-refractivity contribution in [3.8, 4) is 0 Å². The van der Waals surface area contributed by atoms with Crippen LogP contribution in [0.4, 0.5) is 0 Å². The second-order valence-electron chi connectivity index (χ2n) is 5.44. The molecule has 1 aliphatic carbocycles. The summed E-state index contributed by atoms with van der Waals surface area (Å²) >= 11 is 12.3. The van der Waals surface area contributed by atoms with E-state index in [0.29, 0.717) is 22.6 Å². The Morgan fingerprint density at radius 1 is 1.24 bits per heavy atom. The van der Waals surface area contributed by atoms with Gasteiger partial charge in [0.25, 0.3) is 0 Å². The van der Waals surface area contributed by atoms with Gasteiger partial charge < -0.3 is 10.2 Å². The number of nitrogens with zero attached hydrogens (tertiary/aromatic N) is 1. The van der Waals surface area contributed by atoms with E-state index in [-0.39, 0.29) is 6.04 Å². The van der Waals surface area contributed by atoms with E-state index in [9.17, 15) is 0 Å². The predicted octanol–water partition coefficient (Wildman–Crippen LogP) is 4.25. The lowest BCUT2D eigenvalue weighted by molar-refractivity contribution is 0.168. The van der Waals surface area contributed by atoms with Gasteiger partial charge in [0.15, 0.2) is 0 Å². The number of furan rings is 1. The topological polar surface area (TPSA) is 42.4 Å². The van der Waals surface area contributed by atoms with Crippen LogP contribution in [0.1, 0.15) is 30.2 Å². The summed E-state index contributed by atoms with van der Waals surface area (Å²) < 4.78 is 5.49. The van der Waals surface area contributed by atoms with Crippen LogP contribution in [0.5, 0.6) is 0 Å². The maximum atomic E-state index is 6.13. The van der Waals surface area contributed by atoms with Crippen molar-refractivity contribution in [3.63, 3.8) is 0 Å². The fraction of sp³-hybridized carbons (Fsp3) is 0.375. The van der Waals surface area contributed by atoms with Crippen molar-refractivity contribution in [2.24, 2.45) is 5.73 Å². The first-order valence-corrected chi connectivity index (χ1v) is 7.87. The number of nitrogens with two attached hydrogens (primary N) is 1. The van der Waals surface area contributed by atoms with Crippen LogP contribution >= 0.6 is 23.2 Å². The molecule has 0 spiro atoms. The lowest BCUT2D eigenvalue weighted by Gasteiger charge is -2.31. The molecule has 21 heavy (non-hydrogen) atoms. The van der Waals surface area contributed by atoms with E-state index in [0.717, 1.165) is 17.9 Å². The number of hydrogen-bond donors (Lipinski definition) is 1. The van der Waals surface area contributed by atoms with Crippen LogP contribution in [0.15, 0.2) is 41.0 Å². The highest BCUT2D eigenvalue weighted by molar-refractivity contribution is 6.34. The Morgan fingerprint density at radius 3 is 2.48 bits per heavy atom. The van der Waals surface area contributed by atoms with Gasteiger partial charge in [-0.3, -0.25) is 4.90 Å². The molecule has 1 atom stereocenters. The minimum Gasteiger partial charge on any atom is -0.468 e. The van der Waals surface area contributed by atoms with Gasteiger partial charge in [-0.2, -0.15) is 0 Å². The Morgan fingerprint density at radius 2 is 1.95 bits per heavy atom. The quantitative estimate of drug-likeness (QED) is 0.863. The number of halogens is 2. The van der Waals surface area contributed by atoms with Crippen molar-refractivity contribution in [2.75, 3.05) is 6.54 Å². The van der Waals surface area contributed by atoms with Crippen LogP contribution in [-0.2, 0) is 6.54 Å². The summed E-state index contributed by atoms with van der Waals surface area (Å²) in [4.78, 5) is 2.39. The Kier molecular flexibility index (Phi) is 4.55. The average molecular weight is 325 g/mol. The standard InChI is InChI=1S/C16H18Cl2N2O/c17-12-6-11(7-13(18)8-12)16(9-19)20(14-3-4-14)10-15-2-1-5-21-15/h1-2,5-8,14,16H,3-4,9-10,19H2. The van der Waals surface area contributed by atoms with E-state index in [1.54, 1.807) is 12.3 Å². The molecular weight excluding hydrogens is 307 g/mol. The van der Waals surface area contributed by atoms with E-state index in [2.05, 4.69) is 4.90 Å². The lowest BCUT2D eigenvalue weighted by atomic mass is 10.0. The fourth-order valence-electron chi connectivity index (χ4n) is 2.71. The Labute approximate surface area is 134 Å². The largest absolute Gasteiger partial charge is 0.468 e. The molecule has 0 bridgehead atoms. The smallest absolute Gasteiger partial charge is 0.117 e. The normalized spacial score (nSPS) is 16.4. The van der Waals surface area contributed by atoms with Gasteiger partial charge in [0.2, 0.25) is 0 Å². The Hall–Kier alpha value is -1.00. The Bertz CT molecular complexity index is 576. The maximum absolute atomic E-state index is 6.13. The first kappa shape index (κ1) is 14.9. The molecular formula is C16H18Cl2N2O. The molecule has 1 aromatic carbocycles. The van der Waals surface area contributed by atoms with Crippen LogP contribution in [0.3, 0.4) is 0 Å². The molecule has 1 fully saturated rings. The first-order chi connectivity index (χ1) is 10.2. The summed E-state index contributed by atoms with van der Waals surface area (Å²) in [6.07, 6.45) is 4.10. The van der Waals surface area contributed by atoms with Crippen molar-refractivity contribution < 1.29 is 4.42 Å². The summed E-state index contributed by atoms with van der Waals surface area (Å²) in [5.74, 6) is 0.952. The molecule has 5 heteroatoms. The summed E-state index contributed by atoms with van der Waals surface area (Å²) in [6, 6.07) is 10.2. The summed E-state index contributed by atoms with van der Waals surface area (Å²) in [7, 11) is 0. The summed E-state index contributed by atoms with van der Waals surface area (Å²) in [5, 5.41) is 1.29. The van der Waals surface area contributed by atoms with Crippen molar-refractivity contribution in [1.82, 2.24) is 4.90 Å². The Balaban J connectivity index is 1.87. The summed E-state index contributed by atoms with van der Waals surface area (Å²) in [6.45, 7) is 1.28. The van der Waals surface area contributed by atoms with Gasteiger partial charge in [0, 0.05) is 28.7 Å². The van der Waals surface area contributed by atoms with Gasteiger partial charge in [-0.15, -0.1) is 0 Å². The minimum atomic E-state index is 0.0961. The molecule has 1 aliphatic rings. The van der Waals surface area contributed by atoms with Crippen molar-refractivity contribution in [1.29, 1.82) is 0 Å². The van der Waals surface area contributed by atoms with Crippen LogP contribution in [-0.4, -0.2) is 17.5 Å². The molecule has 2 N–H and O–H groups in total. The van der Waals surface area contributed by atoms with Crippen molar-refractivity contribution in [3.05, 3.63) is 58.0 Å². The number of rotatable bonds is 6. The molecule has 0 saturated heterocycles. The maximum Gasteiger partial charge on any atom is 0.117 e. The van der Waals surface area contributed by atoms with Crippen LogP contribution < -0.4 is 5.73 Å². The molecule has 1 heterocycles. The molecule has 1 saturated carbocycles. The molecule has 0 amide bonds. The van der Waals surface area contributed by atoms with Gasteiger partial charge in [-0.05, 0) is 48.7 Å². The first-order valence-electron chi connectivity index (χ1n) is 7.11. The van der Waals surface area contributed by atoms with Gasteiger partial charge in [0.05, 0.1) is 12.8 Å². The molecule has 3 nitrogen and oxygen atoms in total. The van der Waals surface area contributed by atoms with Crippen molar-refractivity contribution in [2.45, 2.75) is 31.5 Å². The second-order valence-corrected chi connectivity index (χ2v) is 6.31. The van der Waals surface area contributed by atoms with Gasteiger partial charge >= 0.3 is 0 Å². The zero-order valence-electron chi connectivity index (χ0n) is 11.6. The fourth-order valence-corrected chi connectivity index (χ4v) is 3.26. The third-order valence-electron chi connectivity index (χ3n) is 3.83. The highest BCUT2D eigenvalue weighted by atomic mass is 35.5. The molecule has 2 aromatic rings. The average Bonchev–Trinajstić information content (AvgIpc) is 3.15. The monoisotopic (exact) mass is 324 g/mol. The highest BCUT2D eigenvalue weighted by Gasteiger charge is 2.34. The molecule has 0 aliphatic heterocycles. The minimum absolute atomic E-state index is 0.0961. The molecule has 0 radical (unpaired) electrons. The van der Waals surface area contributed by atoms with E-state index < -0.39 is 0 Å². The predicted molar refractivity (Wildman–Crippen MR) is 85.5 cm³/mol. The van der Waals surface area contributed by atoms with Crippen LogP contribution in [0.2, 0.25) is 10.0 Å². The van der Waals surface area contributed by atoms with E-state index in [1.807, 2.05) is 24.3 Å².